The third-order valence-electron chi connectivity index (χ3n) is 4.32. The molecule has 7 heteroatoms. The summed E-state index contributed by atoms with van der Waals surface area (Å²) < 4.78 is 28.4. The van der Waals surface area contributed by atoms with Crippen molar-refractivity contribution >= 4 is 49.7 Å². The van der Waals surface area contributed by atoms with E-state index in [2.05, 4.69) is 4.72 Å². The number of nitrogens with one attached hydrogen (secondary N) is 1. The van der Waals surface area contributed by atoms with Crippen LogP contribution in [-0.4, -0.2) is 29.1 Å². The van der Waals surface area contributed by atoms with Crippen LogP contribution in [0.15, 0.2) is 59.5 Å². The van der Waals surface area contributed by atoms with Crippen LogP contribution in [0.2, 0.25) is 10.0 Å². The molecular weight excluding hydrogens is 403 g/mol. The number of halogens is 2. The summed E-state index contributed by atoms with van der Waals surface area (Å²) in [5.74, 6) is 0. The molecule has 0 radical (unpaired) electrons. The van der Waals surface area contributed by atoms with Crippen molar-refractivity contribution in [2.75, 3.05) is 25.5 Å². The van der Waals surface area contributed by atoms with Crippen LogP contribution in [-0.2, 0) is 16.4 Å². The molecule has 0 aromatic heterocycles. The lowest BCUT2D eigenvalue weighted by Crippen LogP contribution is -2.26. The van der Waals surface area contributed by atoms with Crippen molar-refractivity contribution in [3.05, 3.63) is 70.2 Å². The molecule has 3 rings (SSSR count). The molecule has 0 heterocycles. The standard InChI is InChI=1S/C20H20Cl2N2O2S/c1-24(2)19-7-3-6-16-15(19)5-4-8-20(16)27(25,26)23-12-11-14-9-10-17(21)18(22)13-14/h3-10,13,23H,11-12H2,1-2H3. The van der Waals surface area contributed by atoms with E-state index >= 15 is 0 Å². The molecule has 0 amide bonds. The summed E-state index contributed by atoms with van der Waals surface area (Å²) in [5, 5.41) is 2.54. The fourth-order valence-electron chi connectivity index (χ4n) is 2.99. The van der Waals surface area contributed by atoms with Gasteiger partial charge in [0, 0.05) is 37.1 Å². The van der Waals surface area contributed by atoms with Gasteiger partial charge in [-0.1, -0.05) is 53.5 Å². The van der Waals surface area contributed by atoms with Crippen molar-refractivity contribution in [1.29, 1.82) is 0 Å². The van der Waals surface area contributed by atoms with Crippen LogP contribution in [0.5, 0.6) is 0 Å². The van der Waals surface area contributed by atoms with E-state index in [0.29, 0.717) is 21.9 Å². The van der Waals surface area contributed by atoms with Crippen molar-refractivity contribution < 1.29 is 8.42 Å². The largest absolute Gasteiger partial charge is 0.377 e. The Kier molecular flexibility index (Phi) is 5.96. The highest BCUT2D eigenvalue weighted by molar-refractivity contribution is 7.89. The summed E-state index contributed by atoms with van der Waals surface area (Å²) in [6, 6.07) is 16.3. The third kappa shape index (κ3) is 4.38. The van der Waals surface area contributed by atoms with Gasteiger partial charge in [-0.3, -0.25) is 0 Å². The van der Waals surface area contributed by atoms with Crippen LogP contribution in [0, 0.1) is 0 Å². The monoisotopic (exact) mass is 422 g/mol. The lowest BCUT2D eigenvalue weighted by molar-refractivity contribution is 0.582. The number of fused-ring (bicyclic) bond motifs is 1. The van der Waals surface area contributed by atoms with Gasteiger partial charge in [-0.15, -0.1) is 0 Å². The maximum absolute atomic E-state index is 12.9. The highest BCUT2D eigenvalue weighted by atomic mass is 35.5. The second kappa shape index (κ2) is 8.07. The molecule has 0 saturated heterocycles. The zero-order valence-corrected chi connectivity index (χ0v) is 17.4. The van der Waals surface area contributed by atoms with Crippen LogP contribution in [0.25, 0.3) is 10.8 Å². The van der Waals surface area contributed by atoms with Crippen molar-refractivity contribution in [2.24, 2.45) is 0 Å². The number of benzene rings is 3. The zero-order chi connectivity index (χ0) is 19.6. The summed E-state index contributed by atoms with van der Waals surface area (Å²) in [4.78, 5) is 2.24. The molecule has 4 nitrogen and oxygen atoms in total. The lowest BCUT2D eigenvalue weighted by Gasteiger charge is -2.17. The van der Waals surface area contributed by atoms with Gasteiger partial charge in [0.05, 0.1) is 14.9 Å². The maximum Gasteiger partial charge on any atom is 0.241 e. The number of hydrogen-bond acceptors (Lipinski definition) is 3. The van der Waals surface area contributed by atoms with Gasteiger partial charge in [0.2, 0.25) is 10.0 Å². The van der Waals surface area contributed by atoms with Gasteiger partial charge >= 0.3 is 0 Å². The van der Waals surface area contributed by atoms with E-state index in [1.807, 2.05) is 49.3 Å². The Bertz CT molecular complexity index is 1080. The zero-order valence-electron chi connectivity index (χ0n) is 15.0. The van der Waals surface area contributed by atoms with Crippen molar-refractivity contribution in [1.82, 2.24) is 4.72 Å². The van der Waals surface area contributed by atoms with Crippen LogP contribution in [0.3, 0.4) is 0 Å². The number of anilines is 1. The molecule has 0 unspecified atom stereocenters. The molecule has 0 saturated carbocycles. The summed E-state index contributed by atoms with van der Waals surface area (Å²) in [5.41, 5.74) is 1.89. The Balaban J connectivity index is 1.84. The lowest BCUT2D eigenvalue weighted by atomic mass is 10.1. The summed E-state index contributed by atoms with van der Waals surface area (Å²) in [6.45, 7) is 0.268. The van der Waals surface area contributed by atoms with Gasteiger partial charge < -0.3 is 4.90 Å². The summed E-state index contributed by atoms with van der Waals surface area (Å²) in [6.07, 6.45) is 0.518. The molecule has 0 aliphatic heterocycles. The Labute approximate surface area is 169 Å². The fraction of sp³-hybridized carbons (Fsp3) is 0.200. The average Bonchev–Trinajstić information content (AvgIpc) is 2.63. The third-order valence-corrected chi connectivity index (χ3v) is 6.58. The molecule has 0 fully saturated rings. The molecule has 0 aliphatic rings. The first-order valence-electron chi connectivity index (χ1n) is 8.42. The van der Waals surface area contributed by atoms with Gasteiger partial charge in [-0.2, -0.15) is 0 Å². The first kappa shape index (κ1) is 20.0. The van der Waals surface area contributed by atoms with E-state index in [1.165, 1.54) is 0 Å². The van der Waals surface area contributed by atoms with E-state index in [-0.39, 0.29) is 11.4 Å². The predicted molar refractivity (Wildman–Crippen MR) is 114 cm³/mol. The molecule has 142 valence electrons. The second-order valence-electron chi connectivity index (χ2n) is 6.42. The van der Waals surface area contributed by atoms with Crippen LogP contribution >= 0.6 is 23.2 Å². The number of sulfonamides is 1. The van der Waals surface area contributed by atoms with E-state index in [4.69, 9.17) is 23.2 Å². The summed E-state index contributed by atoms with van der Waals surface area (Å²) >= 11 is 11.9. The molecule has 0 atom stereocenters. The average molecular weight is 423 g/mol. The van der Waals surface area contributed by atoms with Crippen LogP contribution < -0.4 is 9.62 Å². The quantitative estimate of drug-likeness (QED) is 0.624. The Hall–Kier alpha value is -1.79. The van der Waals surface area contributed by atoms with Crippen LogP contribution in [0.4, 0.5) is 5.69 Å². The number of rotatable bonds is 6. The van der Waals surface area contributed by atoms with Gasteiger partial charge in [0.1, 0.15) is 0 Å². The smallest absolute Gasteiger partial charge is 0.241 e. The van der Waals surface area contributed by atoms with Gasteiger partial charge in [-0.25, -0.2) is 13.1 Å². The molecule has 0 spiro atoms. The minimum atomic E-state index is -3.65. The van der Waals surface area contributed by atoms with Gasteiger partial charge in [0.25, 0.3) is 0 Å². The molecule has 27 heavy (non-hydrogen) atoms. The molecule has 0 aliphatic carbocycles. The van der Waals surface area contributed by atoms with E-state index in [9.17, 15) is 8.42 Å². The predicted octanol–water partition coefficient (Wildman–Crippen LogP) is 4.73. The highest BCUT2D eigenvalue weighted by Gasteiger charge is 2.18. The number of hydrogen-bond donors (Lipinski definition) is 1. The molecule has 3 aromatic rings. The van der Waals surface area contributed by atoms with Gasteiger partial charge in [0.15, 0.2) is 0 Å². The van der Waals surface area contributed by atoms with E-state index in [0.717, 1.165) is 16.6 Å². The van der Waals surface area contributed by atoms with Crippen LogP contribution in [0.1, 0.15) is 5.56 Å². The minimum Gasteiger partial charge on any atom is -0.377 e. The Morgan fingerprint density at radius 3 is 2.33 bits per heavy atom. The van der Waals surface area contributed by atoms with E-state index in [1.54, 1.807) is 24.3 Å². The Morgan fingerprint density at radius 2 is 1.63 bits per heavy atom. The Morgan fingerprint density at radius 1 is 0.926 bits per heavy atom. The topological polar surface area (TPSA) is 49.4 Å². The second-order valence-corrected chi connectivity index (χ2v) is 8.97. The van der Waals surface area contributed by atoms with E-state index < -0.39 is 10.0 Å². The van der Waals surface area contributed by atoms with Gasteiger partial charge in [-0.05, 0) is 36.2 Å². The minimum absolute atomic E-state index is 0.268. The van der Waals surface area contributed by atoms with Crippen molar-refractivity contribution in [3.8, 4) is 0 Å². The number of nitrogens with zero attached hydrogens (tertiary/aromatic N) is 1. The van der Waals surface area contributed by atoms with Crippen molar-refractivity contribution in [2.45, 2.75) is 11.3 Å². The highest BCUT2D eigenvalue weighted by Crippen LogP contribution is 2.30. The van der Waals surface area contributed by atoms with Crippen molar-refractivity contribution in [3.63, 3.8) is 0 Å². The molecular formula is C20H20Cl2N2O2S. The first-order valence-corrected chi connectivity index (χ1v) is 10.7. The maximum atomic E-state index is 12.9. The fourth-order valence-corrected chi connectivity index (χ4v) is 4.56. The normalized spacial score (nSPS) is 11.7. The SMILES string of the molecule is CN(C)c1cccc2c(S(=O)(=O)NCCc3ccc(Cl)c(Cl)c3)cccc12. The summed E-state index contributed by atoms with van der Waals surface area (Å²) in [7, 11) is 0.227. The molecule has 3 aromatic carbocycles. The molecule has 1 N–H and O–H groups in total. The molecule has 0 bridgehead atoms. The first-order chi connectivity index (χ1) is 12.8.